The summed E-state index contributed by atoms with van der Waals surface area (Å²) in [6, 6.07) is 10.7. The first kappa shape index (κ1) is 20.4. The Morgan fingerprint density at radius 2 is 2.10 bits per heavy atom. The number of hydrogen-bond donors (Lipinski definition) is 2. The van der Waals surface area contributed by atoms with Gasteiger partial charge in [0.15, 0.2) is 0 Å². The molecule has 1 fully saturated rings. The molecule has 0 saturated heterocycles. The Morgan fingerprint density at radius 1 is 1.27 bits per heavy atom. The second-order valence-corrected chi connectivity index (χ2v) is 7.83. The largest absolute Gasteiger partial charge is 0.501 e. The summed E-state index contributed by atoms with van der Waals surface area (Å²) in [5.74, 6) is 1.38. The smallest absolute Gasteiger partial charge is 0.229 e. The van der Waals surface area contributed by atoms with Gasteiger partial charge in [-0.25, -0.2) is 9.37 Å². The van der Waals surface area contributed by atoms with Crippen molar-refractivity contribution < 1.29 is 9.13 Å². The average molecular weight is 427 g/mol. The molecule has 2 N–H and O–H groups in total. The molecule has 0 amide bonds. The van der Waals surface area contributed by atoms with Crippen LogP contribution in [0.3, 0.4) is 0 Å². The van der Waals surface area contributed by atoms with Gasteiger partial charge in [-0.1, -0.05) is 23.7 Å². The van der Waals surface area contributed by atoms with Crippen LogP contribution in [0.15, 0.2) is 42.7 Å². The van der Waals surface area contributed by atoms with Gasteiger partial charge in [0.1, 0.15) is 11.6 Å². The minimum absolute atomic E-state index is 0.0434. The highest BCUT2D eigenvalue weighted by molar-refractivity contribution is 6.31. The van der Waals surface area contributed by atoms with E-state index in [9.17, 15) is 4.39 Å². The normalized spacial score (nSPS) is 14.8. The molecule has 0 radical (unpaired) electrons. The molecule has 0 spiro atoms. The fourth-order valence-electron chi connectivity index (χ4n) is 3.33. The van der Waals surface area contributed by atoms with Gasteiger partial charge < -0.3 is 15.4 Å². The van der Waals surface area contributed by atoms with Crippen molar-refractivity contribution in [3.8, 4) is 0 Å². The third-order valence-corrected chi connectivity index (χ3v) is 5.43. The van der Waals surface area contributed by atoms with Gasteiger partial charge in [0.05, 0.1) is 23.4 Å². The predicted octanol–water partition coefficient (Wildman–Crippen LogP) is 6.38. The zero-order valence-electron chi connectivity index (χ0n) is 17.0. The van der Waals surface area contributed by atoms with E-state index < -0.39 is 5.82 Å². The van der Waals surface area contributed by atoms with Crippen LogP contribution in [0, 0.1) is 11.7 Å². The Bertz CT molecular complexity index is 1080. The van der Waals surface area contributed by atoms with Crippen molar-refractivity contribution >= 4 is 46.0 Å². The molecule has 0 aliphatic heterocycles. The lowest BCUT2D eigenvalue weighted by Gasteiger charge is -2.17. The number of halogens is 2. The van der Waals surface area contributed by atoms with Gasteiger partial charge in [-0.2, -0.15) is 4.98 Å². The summed E-state index contributed by atoms with van der Waals surface area (Å²) >= 11 is 5.92. The third-order valence-electron chi connectivity index (χ3n) is 5.14. The lowest BCUT2D eigenvalue weighted by atomic mass is 10.1. The quantitative estimate of drug-likeness (QED) is 0.409. The molecule has 1 heterocycles. The number of hydrogen-bond acceptors (Lipinski definition) is 5. The maximum absolute atomic E-state index is 13.5. The third kappa shape index (κ3) is 4.65. The summed E-state index contributed by atoms with van der Waals surface area (Å²) in [5, 5.41) is 7.68. The van der Waals surface area contributed by atoms with Gasteiger partial charge in [-0.3, -0.25) is 0 Å². The summed E-state index contributed by atoms with van der Waals surface area (Å²) in [6.45, 7) is 4.71. The predicted molar refractivity (Wildman–Crippen MR) is 121 cm³/mol. The SMILES string of the molecule is CCO/C=C/c1cccc2c(N[C@H](C)C3CC3)nc(Nc3ccc(F)c(Cl)c3)nc12. The van der Waals surface area contributed by atoms with Crippen molar-refractivity contribution in [2.24, 2.45) is 5.92 Å². The summed E-state index contributed by atoms with van der Waals surface area (Å²) in [4.78, 5) is 9.43. The maximum atomic E-state index is 13.5. The summed E-state index contributed by atoms with van der Waals surface area (Å²) < 4.78 is 18.9. The molecule has 1 saturated carbocycles. The number of ether oxygens (including phenoxy) is 1. The molecule has 2 aromatic carbocycles. The van der Waals surface area contributed by atoms with Crippen LogP contribution in [-0.2, 0) is 4.74 Å². The standard InChI is InChI=1S/C23H24ClFN4O/c1-3-30-12-11-16-5-4-6-18-21(16)28-23(27-17-9-10-20(25)19(24)13-17)29-22(18)26-14(2)15-7-8-15/h4-6,9-15H,3,7-8H2,1-2H3,(H2,26,27,28,29)/b12-11+/t14-/m1/s1. The fraction of sp³-hybridized carbons (Fsp3) is 0.304. The molecule has 1 aliphatic rings. The molecule has 1 aliphatic carbocycles. The van der Waals surface area contributed by atoms with Crippen LogP contribution in [-0.4, -0.2) is 22.6 Å². The Labute approximate surface area is 180 Å². The van der Waals surface area contributed by atoms with E-state index in [1.807, 2.05) is 31.2 Å². The molecule has 7 heteroatoms. The van der Waals surface area contributed by atoms with E-state index in [2.05, 4.69) is 17.6 Å². The second kappa shape index (κ2) is 8.88. The van der Waals surface area contributed by atoms with E-state index in [0.29, 0.717) is 30.2 Å². The first-order valence-corrected chi connectivity index (χ1v) is 10.5. The molecule has 3 aromatic rings. The number of nitrogens with one attached hydrogen (secondary N) is 2. The maximum Gasteiger partial charge on any atom is 0.229 e. The number of rotatable bonds is 8. The molecule has 1 atom stereocenters. The van der Waals surface area contributed by atoms with Crippen molar-refractivity contribution in [3.63, 3.8) is 0 Å². The molecule has 30 heavy (non-hydrogen) atoms. The number of fused-ring (bicyclic) bond motifs is 1. The zero-order chi connectivity index (χ0) is 21.1. The Balaban J connectivity index is 1.76. The van der Waals surface area contributed by atoms with Crippen molar-refractivity contribution in [1.82, 2.24) is 9.97 Å². The molecule has 5 nitrogen and oxygen atoms in total. The van der Waals surface area contributed by atoms with Crippen LogP contribution in [0.1, 0.15) is 32.3 Å². The minimum Gasteiger partial charge on any atom is -0.501 e. The van der Waals surface area contributed by atoms with E-state index in [1.165, 1.54) is 25.0 Å². The van der Waals surface area contributed by atoms with Gasteiger partial charge in [0.2, 0.25) is 5.95 Å². The summed E-state index contributed by atoms with van der Waals surface area (Å²) in [5.41, 5.74) is 2.33. The van der Waals surface area contributed by atoms with Gasteiger partial charge in [-0.05, 0) is 62.9 Å². The molecular weight excluding hydrogens is 403 g/mol. The highest BCUT2D eigenvalue weighted by Gasteiger charge is 2.28. The second-order valence-electron chi connectivity index (χ2n) is 7.42. The number of para-hydroxylation sites is 1. The van der Waals surface area contributed by atoms with Gasteiger partial charge in [0.25, 0.3) is 0 Å². The lowest BCUT2D eigenvalue weighted by Crippen LogP contribution is -2.19. The molecular formula is C23H24ClFN4O. The molecule has 1 aromatic heterocycles. The van der Waals surface area contributed by atoms with Crippen LogP contribution < -0.4 is 10.6 Å². The minimum atomic E-state index is -0.467. The van der Waals surface area contributed by atoms with Gasteiger partial charge in [-0.15, -0.1) is 0 Å². The molecule has 0 unspecified atom stereocenters. The van der Waals surface area contributed by atoms with Crippen LogP contribution in [0.25, 0.3) is 17.0 Å². The number of aromatic nitrogens is 2. The Kier molecular flexibility index (Phi) is 6.04. The average Bonchev–Trinajstić information content (AvgIpc) is 3.57. The number of benzene rings is 2. The molecule has 0 bridgehead atoms. The lowest BCUT2D eigenvalue weighted by molar-refractivity contribution is 0.272. The van der Waals surface area contributed by atoms with Crippen LogP contribution >= 0.6 is 11.6 Å². The molecule has 156 valence electrons. The summed E-state index contributed by atoms with van der Waals surface area (Å²) in [7, 11) is 0. The zero-order valence-corrected chi connectivity index (χ0v) is 17.7. The highest BCUT2D eigenvalue weighted by atomic mass is 35.5. The summed E-state index contributed by atoms with van der Waals surface area (Å²) in [6.07, 6.45) is 6.03. The number of anilines is 3. The van der Waals surface area contributed by atoms with E-state index in [1.54, 1.807) is 12.3 Å². The van der Waals surface area contributed by atoms with Crippen molar-refractivity contribution in [3.05, 3.63) is 59.1 Å². The van der Waals surface area contributed by atoms with Crippen molar-refractivity contribution in [2.45, 2.75) is 32.7 Å². The van der Waals surface area contributed by atoms with Crippen LogP contribution in [0.4, 0.5) is 21.8 Å². The first-order valence-electron chi connectivity index (χ1n) is 10.1. The van der Waals surface area contributed by atoms with Crippen molar-refractivity contribution in [2.75, 3.05) is 17.2 Å². The van der Waals surface area contributed by atoms with Crippen molar-refractivity contribution in [1.29, 1.82) is 0 Å². The van der Waals surface area contributed by atoms with E-state index in [4.69, 9.17) is 26.3 Å². The highest BCUT2D eigenvalue weighted by Crippen LogP contribution is 2.35. The fourth-order valence-corrected chi connectivity index (χ4v) is 3.51. The Morgan fingerprint density at radius 3 is 2.83 bits per heavy atom. The van der Waals surface area contributed by atoms with E-state index in [-0.39, 0.29) is 5.02 Å². The molecule has 4 rings (SSSR count). The van der Waals surface area contributed by atoms with Crippen LogP contribution in [0.2, 0.25) is 5.02 Å². The van der Waals surface area contributed by atoms with Crippen LogP contribution in [0.5, 0.6) is 0 Å². The van der Waals surface area contributed by atoms with E-state index in [0.717, 1.165) is 22.3 Å². The Hall–Kier alpha value is -2.86. The van der Waals surface area contributed by atoms with Gasteiger partial charge >= 0.3 is 0 Å². The monoisotopic (exact) mass is 426 g/mol. The topological polar surface area (TPSA) is 59.1 Å². The first-order chi connectivity index (χ1) is 14.5. The number of nitrogens with zero attached hydrogens (tertiary/aromatic N) is 2. The van der Waals surface area contributed by atoms with Gasteiger partial charge in [0, 0.05) is 22.7 Å². The van der Waals surface area contributed by atoms with E-state index >= 15 is 0 Å².